The summed E-state index contributed by atoms with van der Waals surface area (Å²) in [6.07, 6.45) is 0. The van der Waals surface area contributed by atoms with Crippen molar-refractivity contribution in [2.45, 2.75) is 33.7 Å². The van der Waals surface area contributed by atoms with E-state index < -0.39 is 0 Å². The summed E-state index contributed by atoms with van der Waals surface area (Å²) < 4.78 is 0. The third kappa shape index (κ3) is 5.56. The second-order valence-electron chi connectivity index (χ2n) is 3.97. The highest BCUT2D eigenvalue weighted by Crippen LogP contribution is 1.93. The van der Waals surface area contributed by atoms with Crippen LogP contribution in [0.25, 0.3) is 0 Å². The maximum Gasteiger partial charge on any atom is 0.0189 e. The topological polar surface area (TPSA) is 15.3 Å². The van der Waals surface area contributed by atoms with Crippen LogP contribution in [-0.2, 0) is 0 Å². The van der Waals surface area contributed by atoms with Crippen LogP contribution < -0.4 is 5.32 Å². The van der Waals surface area contributed by atoms with Gasteiger partial charge in [0, 0.05) is 12.6 Å². The summed E-state index contributed by atoms with van der Waals surface area (Å²) in [7, 11) is 2.17. The largest absolute Gasteiger partial charge is 0.315 e. The first kappa shape index (κ1) is 11.9. The zero-order valence-corrected chi connectivity index (χ0v) is 9.22. The molecular weight excluding hydrogens is 148 g/mol. The van der Waals surface area contributed by atoms with Gasteiger partial charge in [0.25, 0.3) is 0 Å². The summed E-state index contributed by atoms with van der Waals surface area (Å²) in [6.45, 7) is 12.3. The molecule has 1 N–H and O–H groups in total. The molecule has 0 heterocycles. The summed E-state index contributed by atoms with van der Waals surface area (Å²) in [5.41, 5.74) is 0. The molecule has 0 aliphatic carbocycles. The standard InChI is InChI=1S/C10H24N2/c1-6-12(5)10(4)8-11-7-9(2)3/h9-11H,6-8H2,1-5H3. The third-order valence-corrected chi connectivity index (χ3v) is 2.24. The minimum atomic E-state index is 0.647. The molecule has 2 nitrogen and oxygen atoms in total. The molecule has 0 amide bonds. The monoisotopic (exact) mass is 172 g/mol. The second kappa shape index (κ2) is 6.44. The number of likely N-dealkylation sites (N-methyl/N-ethyl adjacent to an activating group) is 1. The maximum atomic E-state index is 3.46. The van der Waals surface area contributed by atoms with Crippen molar-refractivity contribution >= 4 is 0 Å². The molecule has 0 aromatic heterocycles. The number of hydrogen-bond donors (Lipinski definition) is 1. The molecule has 1 atom stereocenters. The van der Waals surface area contributed by atoms with Crippen molar-refractivity contribution in [2.75, 3.05) is 26.7 Å². The molecular formula is C10H24N2. The van der Waals surface area contributed by atoms with Crippen molar-refractivity contribution in [3.63, 3.8) is 0 Å². The molecule has 0 rings (SSSR count). The zero-order chi connectivity index (χ0) is 9.56. The lowest BCUT2D eigenvalue weighted by atomic mass is 10.2. The number of rotatable bonds is 6. The fourth-order valence-electron chi connectivity index (χ4n) is 1.05. The van der Waals surface area contributed by atoms with Gasteiger partial charge < -0.3 is 10.2 Å². The first-order valence-electron chi connectivity index (χ1n) is 4.98. The molecule has 0 saturated heterocycles. The molecule has 0 aliphatic heterocycles. The summed E-state index contributed by atoms with van der Waals surface area (Å²) in [6, 6.07) is 0.647. The predicted octanol–water partition coefficient (Wildman–Crippen LogP) is 1.57. The van der Waals surface area contributed by atoms with E-state index >= 15 is 0 Å². The molecule has 0 bridgehead atoms. The third-order valence-electron chi connectivity index (χ3n) is 2.24. The Morgan fingerprint density at radius 2 is 1.75 bits per heavy atom. The second-order valence-corrected chi connectivity index (χ2v) is 3.97. The van der Waals surface area contributed by atoms with Crippen LogP contribution in [0, 0.1) is 5.92 Å². The highest BCUT2D eigenvalue weighted by atomic mass is 15.1. The first-order chi connectivity index (χ1) is 5.57. The number of nitrogens with one attached hydrogen (secondary N) is 1. The lowest BCUT2D eigenvalue weighted by Crippen LogP contribution is -2.38. The van der Waals surface area contributed by atoms with Crippen LogP contribution in [0.15, 0.2) is 0 Å². The average Bonchev–Trinajstić information content (AvgIpc) is 2.02. The van der Waals surface area contributed by atoms with Crippen LogP contribution in [0.2, 0.25) is 0 Å². The van der Waals surface area contributed by atoms with Crippen molar-refractivity contribution in [1.82, 2.24) is 10.2 Å². The van der Waals surface area contributed by atoms with Crippen LogP contribution in [0.4, 0.5) is 0 Å². The lowest BCUT2D eigenvalue weighted by molar-refractivity contribution is 0.261. The Bertz CT molecular complexity index is 102. The zero-order valence-electron chi connectivity index (χ0n) is 9.22. The van der Waals surface area contributed by atoms with Gasteiger partial charge in [0.05, 0.1) is 0 Å². The minimum absolute atomic E-state index is 0.647. The fraction of sp³-hybridized carbons (Fsp3) is 1.00. The summed E-state index contributed by atoms with van der Waals surface area (Å²) in [5, 5.41) is 3.46. The van der Waals surface area contributed by atoms with Gasteiger partial charge in [-0.15, -0.1) is 0 Å². The predicted molar refractivity (Wildman–Crippen MR) is 55.5 cm³/mol. The van der Waals surface area contributed by atoms with Gasteiger partial charge in [-0.2, -0.15) is 0 Å². The Labute approximate surface area is 77.3 Å². The van der Waals surface area contributed by atoms with E-state index in [0.29, 0.717) is 6.04 Å². The molecule has 2 heteroatoms. The van der Waals surface area contributed by atoms with E-state index in [4.69, 9.17) is 0 Å². The highest BCUT2D eigenvalue weighted by Gasteiger charge is 2.05. The molecule has 1 unspecified atom stereocenters. The van der Waals surface area contributed by atoms with Gasteiger partial charge in [-0.1, -0.05) is 20.8 Å². The molecule has 0 aliphatic rings. The Balaban J connectivity index is 3.37. The van der Waals surface area contributed by atoms with E-state index in [0.717, 1.165) is 25.6 Å². The van der Waals surface area contributed by atoms with E-state index in [-0.39, 0.29) is 0 Å². The quantitative estimate of drug-likeness (QED) is 0.654. The van der Waals surface area contributed by atoms with Gasteiger partial charge in [-0.25, -0.2) is 0 Å². The number of nitrogens with zero attached hydrogens (tertiary/aromatic N) is 1. The molecule has 0 aromatic carbocycles. The average molecular weight is 172 g/mol. The fourth-order valence-corrected chi connectivity index (χ4v) is 1.05. The van der Waals surface area contributed by atoms with Crippen molar-refractivity contribution in [1.29, 1.82) is 0 Å². The van der Waals surface area contributed by atoms with Crippen LogP contribution in [0.5, 0.6) is 0 Å². The summed E-state index contributed by atoms with van der Waals surface area (Å²) in [4.78, 5) is 2.35. The Morgan fingerprint density at radius 1 is 1.17 bits per heavy atom. The van der Waals surface area contributed by atoms with Crippen molar-refractivity contribution in [3.05, 3.63) is 0 Å². The maximum absolute atomic E-state index is 3.46. The van der Waals surface area contributed by atoms with Gasteiger partial charge in [0.2, 0.25) is 0 Å². The Kier molecular flexibility index (Phi) is 6.39. The van der Waals surface area contributed by atoms with Gasteiger partial charge in [-0.05, 0) is 33.0 Å². The van der Waals surface area contributed by atoms with Crippen LogP contribution in [0.1, 0.15) is 27.7 Å². The van der Waals surface area contributed by atoms with Crippen LogP contribution in [-0.4, -0.2) is 37.6 Å². The van der Waals surface area contributed by atoms with Crippen LogP contribution >= 0.6 is 0 Å². The Hall–Kier alpha value is -0.0800. The van der Waals surface area contributed by atoms with E-state index in [9.17, 15) is 0 Å². The van der Waals surface area contributed by atoms with Crippen molar-refractivity contribution in [3.8, 4) is 0 Å². The van der Waals surface area contributed by atoms with Gasteiger partial charge in [0.1, 0.15) is 0 Å². The van der Waals surface area contributed by atoms with Crippen molar-refractivity contribution in [2.24, 2.45) is 5.92 Å². The molecule has 0 spiro atoms. The highest BCUT2D eigenvalue weighted by molar-refractivity contribution is 4.65. The van der Waals surface area contributed by atoms with Gasteiger partial charge >= 0.3 is 0 Å². The molecule has 0 saturated carbocycles. The molecule has 12 heavy (non-hydrogen) atoms. The van der Waals surface area contributed by atoms with Gasteiger partial charge in [-0.3, -0.25) is 0 Å². The molecule has 0 fully saturated rings. The summed E-state index contributed by atoms with van der Waals surface area (Å²) >= 11 is 0. The van der Waals surface area contributed by atoms with Gasteiger partial charge in [0.15, 0.2) is 0 Å². The minimum Gasteiger partial charge on any atom is -0.315 e. The molecule has 0 aromatic rings. The smallest absolute Gasteiger partial charge is 0.0189 e. The van der Waals surface area contributed by atoms with E-state index in [1.165, 1.54) is 0 Å². The van der Waals surface area contributed by atoms with E-state index in [1.807, 2.05) is 0 Å². The van der Waals surface area contributed by atoms with Crippen molar-refractivity contribution < 1.29 is 0 Å². The SMILES string of the molecule is CCN(C)C(C)CNCC(C)C. The lowest BCUT2D eigenvalue weighted by Gasteiger charge is -2.23. The number of hydrogen-bond acceptors (Lipinski definition) is 2. The van der Waals surface area contributed by atoms with E-state index in [2.05, 4.69) is 45.0 Å². The van der Waals surface area contributed by atoms with Crippen LogP contribution in [0.3, 0.4) is 0 Å². The molecule has 0 radical (unpaired) electrons. The van der Waals surface area contributed by atoms with E-state index in [1.54, 1.807) is 0 Å². The normalized spacial score (nSPS) is 14.2. The molecule has 74 valence electrons. The summed E-state index contributed by atoms with van der Waals surface area (Å²) in [5.74, 6) is 0.754. The Morgan fingerprint density at radius 3 is 2.17 bits per heavy atom. The first-order valence-corrected chi connectivity index (χ1v) is 4.98.